The number of aromatic nitrogens is 2. The molecule has 0 atom stereocenters. The van der Waals surface area contributed by atoms with E-state index in [1.54, 1.807) is 0 Å². The Kier molecular flexibility index (Phi) is 1.49. The third-order valence-electron chi connectivity index (χ3n) is 4.00. The van der Waals surface area contributed by atoms with Crippen molar-refractivity contribution in [3.8, 4) is 0 Å². The van der Waals surface area contributed by atoms with Crippen LogP contribution in [0.15, 0.2) is 54.7 Å². The van der Waals surface area contributed by atoms with Crippen LogP contribution in [0.5, 0.6) is 0 Å². The van der Waals surface area contributed by atoms with Gasteiger partial charge in [0, 0.05) is 38.8 Å². The minimum absolute atomic E-state index is 1.09. The molecule has 0 amide bonds. The lowest BCUT2D eigenvalue weighted by molar-refractivity contribution is 1.43. The zero-order chi connectivity index (χ0) is 12.4. The fourth-order valence-electron chi connectivity index (χ4n) is 3.26. The Morgan fingerprint density at radius 3 is 2.21 bits per heavy atom. The summed E-state index contributed by atoms with van der Waals surface area (Å²) < 4.78 is 0. The summed E-state index contributed by atoms with van der Waals surface area (Å²) in [6.07, 6.45) is 1.87. The maximum Gasteiger partial charge on any atom is 0.0787 e. The first-order valence-electron chi connectivity index (χ1n) is 6.43. The summed E-state index contributed by atoms with van der Waals surface area (Å²) in [4.78, 5) is 8.10. The van der Waals surface area contributed by atoms with Crippen LogP contribution in [-0.4, -0.2) is 9.97 Å². The maximum atomic E-state index is 4.60. The zero-order valence-corrected chi connectivity index (χ0v) is 10.1. The first kappa shape index (κ1) is 9.34. The number of aromatic amines is 1. The zero-order valence-electron chi connectivity index (χ0n) is 10.1. The Hall–Kier alpha value is -2.61. The first-order chi connectivity index (χ1) is 9.43. The molecule has 0 saturated heterocycles. The largest absolute Gasteiger partial charge is 0.354 e. The molecule has 2 heteroatoms. The Bertz CT molecular complexity index is 972. The van der Waals surface area contributed by atoms with Gasteiger partial charge in [-0.05, 0) is 23.6 Å². The molecule has 0 saturated carbocycles. The second kappa shape index (κ2) is 3.04. The van der Waals surface area contributed by atoms with Gasteiger partial charge in [-0.1, -0.05) is 30.3 Å². The van der Waals surface area contributed by atoms with Crippen molar-refractivity contribution in [1.29, 1.82) is 0 Å². The third kappa shape index (κ3) is 1.01. The highest BCUT2D eigenvalue weighted by atomic mass is 14.7. The molecule has 0 aliphatic carbocycles. The van der Waals surface area contributed by atoms with Crippen molar-refractivity contribution >= 4 is 43.5 Å². The number of benzene rings is 3. The molecule has 1 N–H and O–H groups in total. The van der Waals surface area contributed by atoms with E-state index in [1.165, 1.54) is 38.0 Å². The van der Waals surface area contributed by atoms with Crippen molar-refractivity contribution in [1.82, 2.24) is 9.97 Å². The molecule has 0 radical (unpaired) electrons. The quantitative estimate of drug-likeness (QED) is 0.399. The summed E-state index contributed by atoms with van der Waals surface area (Å²) in [5.74, 6) is 0. The van der Waals surface area contributed by atoms with Gasteiger partial charge in [-0.25, -0.2) is 0 Å². The van der Waals surface area contributed by atoms with Gasteiger partial charge in [-0.2, -0.15) is 0 Å². The first-order valence-corrected chi connectivity index (χ1v) is 6.43. The van der Waals surface area contributed by atoms with Crippen molar-refractivity contribution < 1.29 is 0 Å². The van der Waals surface area contributed by atoms with Gasteiger partial charge in [0.15, 0.2) is 0 Å². The van der Waals surface area contributed by atoms with Crippen LogP contribution in [-0.2, 0) is 0 Å². The molecular weight excluding hydrogens is 232 g/mol. The summed E-state index contributed by atoms with van der Waals surface area (Å²) in [5, 5.41) is 6.38. The van der Waals surface area contributed by atoms with Gasteiger partial charge < -0.3 is 4.98 Å². The standard InChI is InChI=1S/C17H10N2/c1-4-10-11-6-3-9-18-17(11)12-5-2-8-14-16(12)15(10)13(7-1)19-14/h1-9,19H. The highest BCUT2D eigenvalue weighted by Crippen LogP contribution is 2.39. The number of rotatable bonds is 0. The molecule has 19 heavy (non-hydrogen) atoms. The van der Waals surface area contributed by atoms with Crippen LogP contribution < -0.4 is 0 Å². The molecule has 3 aromatic carbocycles. The average Bonchev–Trinajstić information content (AvgIpc) is 2.86. The normalized spacial score (nSPS) is 12.2. The van der Waals surface area contributed by atoms with Gasteiger partial charge in [0.05, 0.1) is 5.52 Å². The molecule has 0 unspecified atom stereocenters. The maximum absolute atomic E-state index is 4.60. The van der Waals surface area contributed by atoms with Crippen molar-refractivity contribution in [2.24, 2.45) is 0 Å². The number of hydrogen-bond acceptors (Lipinski definition) is 1. The summed E-state index contributed by atoms with van der Waals surface area (Å²) in [7, 11) is 0. The molecule has 5 aromatic rings. The van der Waals surface area contributed by atoms with Crippen LogP contribution in [0.4, 0.5) is 0 Å². The van der Waals surface area contributed by atoms with E-state index < -0.39 is 0 Å². The summed E-state index contributed by atoms with van der Waals surface area (Å²) in [6.45, 7) is 0. The third-order valence-corrected chi connectivity index (χ3v) is 4.00. The molecule has 0 fully saturated rings. The van der Waals surface area contributed by atoms with Gasteiger partial charge in [0.2, 0.25) is 0 Å². The van der Waals surface area contributed by atoms with Gasteiger partial charge in [0.25, 0.3) is 0 Å². The van der Waals surface area contributed by atoms with Crippen molar-refractivity contribution in [3.63, 3.8) is 0 Å². The molecule has 88 valence electrons. The van der Waals surface area contributed by atoms with Crippen LogP contribution in [0.25, 0.3) is 43.5 Å². The molecule has 2 aromatic heterocycles. The second-order valence-corrected chi connectivity index (χ2v) is 4.98. The van der Waals surface area contributed by atoms with Crippen LogP contribution in [0.3, 0.4) is 0 Å². The van der Waals surface area contributed by atoms with E-state index in [0.29, 0.717) is 0 Å². The van der Waals surface area contributed by atoms with Crippen molar-refractivity contribution in [2.45, 2.75) is 0 Å². The number of pyridine rings is 1. The molecule has 0 aliphatic rings. The van der Waals surface area contributed by atoms with Gasteiger partial charge in [-0.15, -0.1) is 0 Å². The molecule has 2 nitrogen and oxygen atoms in total. The van der Waals surface area contributed by atoms with E-state index in [1.807, 2.05) is 12.3 Å². The van der Waals surface area contributed by atoms with E-state index in [4.69, 9.17) is 0 Å². The van der Waals surface area contributed by atoms with E-state index in [2.05, 4.69) is 52.4 Å². The van der Waals surface area contributed by atoms with E-state index >= 15 is 0 Å². The summed E-state index contributed by atoms with van der Waals surface area (Å²) >= 11 is 0. The Morgan fingerprint density at radius 2 is 1.37 bits per heavy atom. The number of nitrogens with one attached hydrogen (secondary N) is 1. The molecule has 0 aliphatic heterocycles. The lowest BCUT2D eigenvalue weighted by Crippen LogP contribution is -1.83. The van der Waals surface area contributed by atoms with Gasteiger partial charge in [0.1, 0.15) is 0 Å². The predicted molar refractivity (Wildman–Crippen MR) is 79.8 cm³/mol. The highest BCUT2D eigenvalue weighted by Gasteiger charge is 2.14. The average molecular weight is 242 g/mol. The minimum atomic E-state index is 1.09. The number of H-pyrrole nitrogens is 1. The predicted octanol–water partition coefficient (Wildman–Crippen LogP) is 4.46. The van der Waals surface area contributed by atoms with E-state index in [0.717, 1.165) is 5.52 Å². The number of hydrogen-bond donors (Lipinski definition) is 1. The topological polar surface area (TPSA) is 28.7 Å². The van der Waals surface area contributed by atoms with Crippen molar-refractivity contribution in [3.05, 3.63) is 54.7 Å². The van der Waals surface area contributed by atoms with Crippen LogP contribution >= 0.6 is 0 Å². The molecular formula is C17H10N2. The molecule has 0 spiro atoms. The summed E-state index contributed by atoms with van der Waals surface area (Å²) in [5.41, 5.74) is 3.48. The van der Waals surface area contributed by atoms with Crippen LogP contribution in [0.1, 0.15) is 0 Å². The number of fused-ring (bicyclic) bond motifs is 3. The Labute approximate surface area is 109 Å². The SMILES string of the molecule is c1cnc2c(c1)c1cccc3[nH]c4cccc2c4c31. The van der Waals surface area contributed by atoms with Crippen LogP contribution in [0, 0.1) is 0 Å². The highest BCUT2D eigenvalue weighted by molar-refractivity contribution is 6.32. The van der Waals surface area contributed by atoms with E-state index in [9.17, 15) is 0 Å². The number of nitrogens with zero attached hydrogens (tertiary/aromatic N) is 1. The minimum Gasteiger partial charge on any atom is -0.354 e. The van der Waals surface area contributed by atoms with Gasteiger partial charge in [-0.3, -0.25) is 4.98 Å². The Balaban J connectivity index is 2.34. The van der Waals surface area contributed by atoms with E-state index in [-0.39, 0.29) is 0 Å². The lowest BCUT2D eigenvalue weighted by atomic mass is 9.97. The fourth-order valence-corrected chi connectivity index (χ4v) is 3.26. The van der Waals surface area contributed by atoms with Gasteiger partial charge >= 0.3 is 0 Å². The van der Waals surface area contributed by atoms with Crippen LogP contribution in [0.2, 0.25) is 0 Å². The lowest BCUT2D eigenvalue weighted by Gasteiger charge is -2.07. The molecule has 0 bridgehead atoms. The second-order valence-electron chi connectivity index (χ2n) is 4.98. The smallest absolute Gasteiger partial charge is 0.0787 e. The fraction of sp³-hybridized carbons (Fsp3) is 0. The van der Waals surface area contributed by atoms with Crippen molar-refractivity contribution in [2.75, 3.05) is 0 Å². The molecule has 2 heterocycles. The Morgan fingerprint density at radius 1 is 0.684 bits per heavy atom. The monoisotopic (exact) mass is 242 g/mol. The molecule has 5 rings (SSSR count). The summed E-state index contributed by atoms with van der Waals surface area (Å²) in [6, 6.07) is 17.0.